The molecular weight excluding hydrogens is 220 g/mol. The molecule has 1 aromatic rings. The number of esters is 1. The summed E-state index contributed by atoms with van der Waals surface area (Å²) in [5.41, 5.74) is 2.41. The molecule has 1 aromatic carbocycles. The van der Waals surface area contributed by atoms with E-state index in [1.807, 2.05) is 13.8 Å². The van der Waals surface area contributed by atoms with Gasteiger partial charge in [-0.15, -0.1) is 11.8 Å². The van der Waals surface area contributed by atoms with E-state index >= 15 is 0 Å². The molecule has 0 aliphatic rings. The van der Waals surface area contributed by atoms with Gasteiger partial charge >= 0.3 is 5.97 Å². The summed E-state index contributed by atoms with van der Waals surface area (Å²) in [5.74, 6) is -0.145. The van der Waals surface area contributed by atoms with E-state index in [0.29, 0.717) is 6.61 Å². The number of hydrogen-bond donors (Lipinski definition) is 0. The highest BCUT2D eigenvalue weighted by Gasteiger charge is 2.16. The molecule has 0 heterocycles. The second kappa shape index (κ2) is 5.94. The summed E-state index contributed by atoms with van der Waals surface area (Å²) in [7, 11) is 0. The van der Waals surface area contributed by atoms with Gasteiger partial charge in [0.05, 0.1) is 6.61 Å². The van der Waals surface area contributed by atoms with Crippen LogP contribution in [0.25, 0.3) is 0 Å². The summed E-state index contributed by atoms with van der Waals surface area (Å²) in [5, 5.41) is -0.152. The summed E-state index contributed by atoms with van der Waals surface area (Å²) < 4.78 is 4.99. The third-order valence-corrected chi connectivity index (χ3v) is 3.51. The maximum atomic E-state index is 11.5. The third kappa shape index (κ3) is 3.56. The Bertz CT molecular complexity index is 374. The van der Waals surface area contributed by atoms with Crippen LogP contribution in [-0.4, -0.2) is 17.8 Å². The Balaban J connectivity index is 2.72. The normalized spacial score (nSPS) is 12.2. The minimum Gasteiger partial charge on any atom is -0.465 e. The van der Waals surface area contributed by atoms with Crippen LogP contribution in [0.2, 0.25) is 0 Å². The number of rotatable bonds is 4. The maximum Gasteiger partial charge on any atom is 0.319 e. The van der Waals surface area contributed by atoms with Crippen LogP contribution in [0.4, 0.5) is 0 Å². The maximum absolute atomic E-state index is 11.5. The van der Waals surface area contributed by atoms with Crippen LogP contribution in [0.1, 0.15) is 25.0 Å². The van der Waals surface area contributed by atoms with Gasteiger partial charge in [0.15, 0.2) is 0 Å². The third-order valence-electron chi connectivity index (χ3n) is 2.27. The Morgan fingerprint density at radius 1 is 1.44 bits per heavy atom. The van der Waals surface area contributed by atoms with E-state index in [9.17, 15) is 4.79 Å². The van der Waals surface area contributed by atoms with E-state index in [4.69, 9.17) is 4.74 Å². The Labute approximate surface area is 101 Å². The molecule has 0 amide bonds. The topological polar surface area (TPSA) is 26.3 Å². The average Bonchev–Trinajstić information content (AvgIpc) is 2.23. The summed E-state index contributed by atoms with van der Waals surface area (Å²) in [6.45, 7) is 8.26. The minimum absolute atomic E-state index is 0.145. The number of thioether (sulfide) groups is 1. The van der Waals surface area contributed by atoms with E-state index in [-0.39, 0.29) is 11.2 Å². The molecule has 0 saturated heterocycles. The SMILES string of the molecule is CCOC(=O)C(C)Sc1cc(C)ccc1C. The van der Waals surface area contributed by atoms with Crippen LogP contribution in [0.3, 0.4) is 0 Å². The highest BCUT2D eigenvalue weighted by molar-refractivity contribution is 8.00. The zero-order valence-corrected chi connectivity index (χ0v) is 11.1. The summed E-state index contributed by atoms with van der Waals surface area (Å²) in [4.78, 5) is 12.7. The lowest BCUT2D eigenvalue weighted by Crippen LogP contribution is -2.16. The van der Waals surface area contributed by atoms with Crippen molar-refractivity contribution >= 4 is 17.7 Å². The molecule has 88 valence electrons. The molecule has 3 heteroatoms. The summed E-state index contributed by atoms with van der Waals surface area (Å²) in [6.07, 6.45) is 0. The van der Waals surface area contributed by atoms with Crippen molar-refractivity contribution in [3.8, 4) is 0 Å². The predicted molar refractivity (Wildman–Crippen MR) is 67.9 cm³/mol. The van der Waals surface area contributed by atoms with Gasteiger partial charge in [-0.1, -0.05) is 17.7 Å². The van der Waals surface area contributed by atoms with Crippen LogP contribution in [0.15, 0.2) is 23.1 Å². The molecule has 16 heavy (non-hydrogen) atoms. The average molecular weight is 238 g/mol. The van der Waals surface area contributed by atoms with Crippen LogP contribution < -0.4 is 0 Å². The monoisotopic (exact) mass is 238 g/mol. The number of ether oxygens (including phenoxy) is 1. The zero-order valence-electron chi connectivity index (χ0n) is 10.2. The second-order valence-electron chi connectivity index (χ2n) is 3.78. The zero-order chi connectivity index (χ0) is 12.1. The lowest BCUT2D eigenvalue weighted by atomic mass is 10.2. The number of carbonyl (C=O) groups excluding carboxylic acids is 1. The van der Waals surface area contributed by atoms with E-state index in [1.54, 1.807) is 11.8 Å². The molecular formula is C13H18O2S. The predicted octanol–water partition coefficient (Wildman–Crippen LogP) is 3.35. The molecule has 0 bridgehead atoms. The van der Waals surface area contributed by atoms with Crippen molar-refractivity contribution in [2.75, 3.05) is 6.61 Å². The van der Waals surface area contributed by atoms with Crippen molar-refractivity contribution in [1.29, 1.82) is 0 Å². The smallest absolute Gasteiger partial charge is 0.319 e. The van der Waals surface area contributed by atoms with Gasteiger partial charge in [0, 0.05) is 4.90 Å². The van der Waals surface area contributed by atoms with E-state index in [1.165, 1.54) is 11.1 Å². The van der Waals surface area contributed by atoms with Crippen LogP contribution in [-0.2, 0) is 9.53 Å². The Hall–Kier alpha value is -0.960. The van der Waals surface area contributed by atoms with Crippen LogP contribution in [0.5, 0.6) is 0 Å². The molecule has 0 fully saturated rings. The molecule has 1 atom stereocenters. The standard InChI is InChI=1S/C13H18O2S/c1-5-15-13(14)11(4)16-12-8-9(2)6-7-10(12)3/h6-8,11H,5H2,1-4H3. The molecule has 0 spiro atoms. The first-order valence-corrected chi connectivity index (χ1v) is 6.33. The highest BCUT2D eigenvalue weighted by Crippen LogP contribution is 2.28. The van der Waals surface area contributed by atoms with Crippen molar-refractivity contribution < 1.29 is 9.53 Å². The van der Waals surface area contributed by atoms with Gasteiger partial charge in [0.25, 0.3) is 0 Å². The van der Waals surface area contributed by atoms with Crippen molar-refractivity contribution in [1.82, 2.24) is 0 Å². The number of hydrogen-bond acceptors (Lipinski definition) is 3. The molecule has 1 rings (SSSR count). The van der Waals surface area contributed by atoms with Gasteiger partial charge in [-0.2, -0.15) is 0 Å². The molecule has 0 N–H and O–H groups in total. The van der Waals surface area contributed by atoms with Gasteiger partial charge in [-0.05, 0) is 39.3 Å². The molecule has 0 aliphatic carbocycles. The Morgan fingerprint density at radius 3 is 2.75 bits per heavy atom. The molecule has 1 unspecified atom stereocenters. The lowest BCUT2D eigenvalue weighted by molar-refractivity contribution is -0.142. The van der Waals surface area contributed by atoms with Gasteiger partial charge in [0.1, 0.15) is 5.25 Å². The van der Waals surface area contributed by atoms with E-state index < -0.39 is 0 Å². The quantitative estimate of drug-likeness (QED) is 0.594. The fraction of sp³-hybridized carbons (Fsp3) is 0.462. The first-order valence-electron chi connectivity index (χ1n) is 5.45. The van der Waals surface area contributed by atoms with Crippen molar-refractivity contribution in [2.45, 2.75) is 37.8 Å². The van der Waals surface area contributed by atoms with Crippen molar-refractivity contribution in [3.63, 3.8) is 0 Å². The Morgan fingerprint density at radius 2 is 2.12 bits per heavy atom. The highest BCUT2D eigenvalue weighted by atomic mass is 32.2. The Kier molecular flexibility index (Phi) is 4.87. The second-order valence-corrected chi connectivity index (χ2v) is 5.16. The first kappa shape index (κ1) is 13.1. The molecule has 0 saturated carbocycles. The fourth-order valence-corrected chi connectivity index (χ4v) is 2.39. The molecule has 0 radical (unpaired) electrons. The van der Waals surface area contributed by atoms with Crippen LogP contribution in [0, 0.1) is 13.8 Å². The largest absolute Gasteiger partial charge is 0.465 e. The first-order chi connectivity index (χ1) is 7.54. The van der Waals surface area contributed by atoms with E-state index in [2.05, 4.69) is 32.0 Å². The van der Waals surface area contributed by atoms with Gasteiger partial charge < -0.3 is 4.74 Å². The van der Waals surface area contributed by atoms with Crippen molar-refractivity contribution in [3.05, 3.63) is 29.3 Å². The van der Waals surface area contributed by atoms with Crippen molar-refractivity contribution in [2.24, 2.45) is 0 Å². The number of aryl methyl sites for hydroxylation is 2. The molecule has 0 aromatic heterocycles. The minimum atomic E-state index is -0.152. The number of benzene rings is 1. The number of carbonyl (C=O) groups is 1. The lowest BCUT2D eigenvalue weighted by Gasteiger charge is -2.12. The molecule has 2 nitrogen and oxygen atoms in total. The fourth-order valence-electron chi connectivity index (χ4n) is 1.33. The van der Waals surface area contributed by atoms with E-state index in [0.717, 1.165) is 4.90 Å². The van der Waals surface area contributed by atoms with Crippen LogP contribution >= 0.6 is 11.8 Å². The van der Waals surface area contributed by atoms with Gasteiger partial charge in [0.2, 0.25) is 0 Å². The summed E-state index contributed by atoms with van der Waals surface area (Å²) >= 11 is 1.56. The summed E-state index contributed by atoms with van der Waals surface area (Å²) in [6, 6.07) is 6.26. The van der Waals surface area contributed by atoms with Gasteiger partial charge in [-0.25, -0.2) is 0 Å². The molecule has 0 aliphatic heterocycles. The van der Waals surface area contributed by atoms with Gasteiger partial charge in [-0.3, -0.25) is 4.79 Å².